The Labute approximate surface area is 174 Å². The van der Waals surface area contributed by atoms with Gasteiger partial charge in [-0.05, 0) is 41.3 Å². The molecule has 152 valence electrons. The Hall–Kier alpha value is -3.67. The number of nitrogens with one attached hydrogen (secondary N) is 2. The molecule has 1 aliphatic rings. The average Bonchev–Trinajstić information content (AvgIpc) is 3.21. The third-order valence-electron chi connectivity index (χ3n) is 5.17. The Morgan fingerprint density at radius 3 is 2.40 bits per heavy atom. The minimum atomic E-state index is -0.814. The van der Waals surface area contributed by atoms with Gasteiger partial charge in [-0.3, -0.25) is 4.79 Å². The van der Waals surface area contributed by atoms with Gasteiger partial charge in [-0.25, -0.2) is 9.18 Å². The number of amides is 3. The third-order valence-corrected chi connectivity index (χ3v) is 5.17. The highest BCUT2D eigenvalue weighted by Crippen LogP contribution is 2.30. The van der Waals surface area contributed by atoms with Crippen molar-refractivity contribution in [1.82, 2.24) is 10.6 Å². The predicted molar refractivity (Wildman–Crippen MR) is 113 cm³/mol. The van der Waals surface area contributed by atoms with Crippen molar-refractivity contribution in [3.05, 3.63) is 101 Å². The summed E-state index contributed by atoms with van der Waals surface area (Å²) in [6.45, 7) is 0.814. The Morgan fingerprint density at radius 2 is 1.63 bits per heavy atom. The van der Waals surface area contributed by atoms with E-state index in [0.29, 0.717) is 12.1 Å². The number of hydrogen-bond acceptors (Lipinski definition) is 2. The smallest absolute Gasteiger partial charge is 0.315 e. The summed E-state index contributed by atoms with van der Waals surface area (Å²) < 4.78 is 13.0. The zero-order chi connectivity index (χ0) is 20.9. The average molecular weight is 403 g/mol. The molecular formula is C24H22FN3O2. The van der Waals surface area contributed by atoms with E-state index in [1.54, 1.807) is 17.0 Å². The van der Waals surface area contributed by atoms with Crippen molar-refractivity contribution >= 4 is 17.6 Å². The van der Waals surface area contributed by atoms with Crippen LogP contribution in [0, 0.1) is 5.82 Å². The first-order valence-corrected chi connectivity index (χ1v) is 9.85. The van der Waals surface area contributed by atoms with Gasteiger partial charge in [-0.2, -0.15) is 0 Å². The van der Waals surface area contributed by atoms with Crippen molar-refractivity contribution in [1.29, 1.82) is 0 Å². The van der Waals surface area contributed by atoms with Crippen molar-refractivity contribution in [2.45, 2.75) is 19.0 Å². The first-order chi connectivity index (χ1) is 14.6. The molecule has 1 atom stereocenters. The maximum Gasteiger partial charge on any atom is 0.315 e. The van der Waals surface area contributed by atoms with Crippen LogP contribution in [0.15, 0.2) is 78.9 Å². The molecule has 2 N–H and O–H groups in total. The van der Waals surface area contributed by atoms with Gasteiger partial charge in [0.15, 0.2) is 0 Å². The van der Waals surface area contributed by atoms with Crippen molar-refractivity contribution in [2.75, 3.05) is 11.4 Å². The Balaban J connectivity index is 1.50. The lowest BCUT2D eigenvalue weighted by atomic mass is 10.1. The Bertz CT molecular complexity index is 1040. The zero-order valence-electron chi connectivity index (χ0n) is 16.3. The second-order valence-corrected chi connectivity index (χ2v) is 7.17. The predicted octanol–water partition coefficient (Wildman–Crippen LogP) is 3.96. The highest BCUT2D eigenvalue weighted by atomic mass is 19.1. The number of para-hydroxylation sites is 1. The van der Waals surface area contributed by atoms with Crippen LogP contribution >= 0.6 is 0 Å². The van der Waals surface area contributed by atoms with Crippen LogP contribution in [0.5, 0.6) is 0 Å². The molecule has 0 radical (unpaired) electrons. The third kappa shape index (κ3) is 4.33. The van der Waals surface area contributed by atoms with Gasteiger partial charge in [-0.15, -0.1) is 0 Å². The Kier molecular flexibility index (Phi) is 5.75. The maximum absolute atomic E-state index is 13.4. The summed E-state index contributed by atoms with van der Waals surface area (Å²) in [5.41, 5.74) is 3.49. The van der Waals surface area contributed by atoms with E-state index in [1.807, 2.05) is 54.6 Å². The topological polar surface area (TPSA) is 61.4 Å². The lowest BCUT2D eigenvalue weighted by Crippen LogP contribution is -2.45. The SMILES string of the molecule is O=C(NCc1ccc(F)cc1)N[C@@H](C(=O)N1CCc2ccccc21)c1ccccc1. The molecule has 0 bridgehead atoms. The molecule has 0 saturated heterocycles. The summed E-state index contributed by atoms with van der Waals surface area (Å²) in [6, 6.07) is 21.6. The van der Waals surface area contributed by atoms with Crippen LogP contribution in [-0.4, -0.2) is 18.5 Å². The molecule has 3 amide bonds. The number of fused-ring (bicyclic) bond motifs is 1. The fraction of sp³-hybridized carbons (Fsp3) is 0.167. The molecule has 0 aromatic heterocycles. The molecule has 0 saturated carbocycles. The van der Waals surface area contributed by atoms with Crippen LogP contribution in [-0.2, 0) is 17.8 Å². The summed E-state index contributed by atoms with van der Waals surface area (Å²) in [5, 5.41) is 5.55. The number of carbonyl (C=O) groups excluding carboxylic acids is 2. The largest absolute Gasteiger partial charge is 0.334 e. The van der Waals surface area contributed by atoms with Crippen molar-refractivity contribution in [2.24, 2.45) is 0 Å². The molecule has 3 aromatic carbocycles. The highest BCUT2D eigenvalue weighted by molar-refractivity contribution is 6.01. The normalized spacial score (nSPS) is 13.4. The highest BCUT2D eigenvalue weighted by Gasteiger charge is 2.32. The summed E-state index contributed by atoms with van der Waals surface area (Å²) in [4.78, 5) is 27.7. The van der Waals surface area contributed by atoms with E-state index >= 15 is 0 Å². The van der Waals surface area contributed by atoms with E-state index in [-0.39, 0.29) is 18.3 Å². The number of urea groups is 1. The van der Waals surface area contributed by atoms with Crippen LogP contribution in [0.3, 0.4) is 0 Å². The van der Waals surface area contributed by atoms with Crippen LogP contribution in [0.25, 0.3) is 0 Å². The van der Waals surface area contributed by atoms with Gasteiger partial charge in [-0.1, -0.05) is 60.7 Å². The number of benzene rings is 3. The summed E-state index contributed by atoms with van der Waals surface area (Å²) in [7, 11) is 0. The lowest BCUT2D eigenvalue weighted by Gasteiger charge is -2.25. The van der Waals surface area contributed by atoms with Crippen LogP contribution < -0.4 is 15.5 Å². The number of rotatable bonds is 5. The lowest BCUT2D eigenvalue weighted by molar-refractivity contribution is -0.120. The van der Waals surface area contributed by atoms with Gasteiger partial charge >= 0.3 is 6.03 Å². The molecule has 0 aliphatic carbocycles. The fourth-order valence-corrected chi connectivity index (χ4v) is 3.62. The van der Waals surface area contributed by atoms with Gasteiger partial charge in [0.25, 0.3) is 5.91 Å². The van der Waals surface area contributed by atoms with Crippen molar-refractivity contribution in [3.63, 3.8) is 0 Å². The maximum atomic E-state index is 13.4. The van der Waals surface area contributed by atoms with E-state index in [2.05, 4.69) is 10.6 Å². The number of hydrogen-bond donors (Lipinski definition) is 2. The molecule has 30 heavy (non-hydrogen) atoms. The molecule has 4 rings (SSSR count). The van der Waals surface area contributed by atoms with Crippen molar-refractivity contribution < 1.29 is 14.0 Å². The van der Waals surface area contributed by atoms with Crippen LogP contribution in [0.2, 0.25) is 0 Å². The Morgan fingerprint density at radius 1 is 0.933 bits per heavy atom. The van der Waals surface area contributed by atoms with E-state index in [0.717, 1.165) is 23.2 Å². The van der Waals surface area contributed by atoms with Crippen molar-refractivity contribution in [3.8, 4) is 0 Å². The number of halogens is 1. The van der Waals surface area contributed by atoms with Crippen LogP contribution in [0.1, 0.15) is 22.7 Å². The molecule has 1 heterocycles. The molecule has 0 fully saturated rings. The summed E-state index contributed by atoms with van der Waals surface area (Å²) in [6.07, 6.45) is 0.792. The molecule has 5 nitrogen and oxygen atoms in total. The second kappa shape index (κ2) is 8.78. The minimum Gasteiger partial charge on any atom is -0.334 e. The fourth-order valence-electron chi connectivity index (χ4n) is 3.62. The van der Waals surface area contributed by atoms with Gasteiger partial charge in [0.2, 0.25) is 0 Å². The first-order valence-electron chi connectivity index (χ1n) is 9.85. The molecule has 0 spiro atoms. The van der Waals surface area contributed by atoms with E-state index < -0.39 is 12.1 Å². The molecule has 6 heteroatoms. The van der Waals surface area contributed by atoms with E-state index in [4.69, 9.17) is 0 Å². The molecule has 3 aromatic rings. The summed E-state index contributed by atoms with van der Waals surface area (Å²) >= 11 is 0. The first kappa shape index (κ1) is 19.6. The molecular weight excluding hydrogens is 381 g/mol. The summed E-state index contributed by atoms with van der Waals surface area (Å²) in [5.74, 6) is -0.507. The van der Waals surface area contributed by atoms with Gasteiger partial charge < -0.3 is 15.5 Å². The number of nitrogens with zero attached hydrogens (tertiary/aromatic N) is 1. The van der Waals surface area contributed by atoms with Crippen LogP contribution in [0.4, 0.5) is 14.9 Å². The van der Waals surface area contributed by atoms with E-state index in [9.17, 15) is 14.0 Å². The number of carbonyl (C=O) groups is 2. The molecule has 1 aliphatic heterocycles. The minimum absolute atomic E-state index is 0.178. The number of anilines is 1. The quantitative estimate of drug-likeness (QED) is 0.678. The molecule has 0 unspecified atom stereocenters. The van der Waals surface area contributed by atoms with E-state index in [1.165, 1.54) is 12.1 Å². The zero-order valence-corrected chi connectivity index (χ0v) is 16.3. The van der Waals surface area contributed by atoms with Gasteiger partial charge in [0, 0.05) is 18.8 Å². The van der Waals surface area contributed by atoms with Gasteiger partial charge in [0.05, 0.1) is 0 Å². The monoisotopic (exact) mass is 403 g/mol. The van der Waals surface area contributed by atoms with Gasteiger partial charge in [0.1, 0.15) is 11.9 Å². The standard InChI is InChI=1S/C24H22FN3O2/c25-20-12-10-17(11-13-20)16-26-24(30)27-22(19-7-2-1-3-8-19)23(29)28-15-14-18-6-4-5-9-21(18)28/h1-13,22H,14-16H2,(H2,26,27,30)/t22-/m1/s1. The second-order valence-electron chi connectivity index (χ2n) is 7.17.